The van der Waals surface area contributed by atoms with Crippen molar-refractivity contribution in [1.29, 1.82) is 5.26 Å². The van der Waals surface area contributed by atoms with Crippen LogP contribution in [0.2, 0.25) is 0 Å². The van der Waals surface area contributed by atoms with Crippen LogP contribution in [-0.2, 0) is 19.4 Å². The number of nitrogens with zero attached hydrogens (tertiary/aromatic N) is 5. The number of hydrogen-bond donors (Lipinski definition) is 1. The number of aromatic nitrogens is 5. The molecule has 0 fully saturated rings. The van der Waals surface area contributed by atoms with Crippen molar-refractivity contribution < 1.29 is 0 Å². The van der Waals surface area contributed by atoms with E-state index in [4.69, 9.17) is 10.2 Å². The van der Waals surface area contributed by atoms with Crippen molar-refractivity contribution in [3.63, 3.8) is 0 Å². The Bertz CT molecular complexity index is 1240. The second kappa shape index (κ2) is 6.56. The molecule has 3 heterocycles. The summed E-state index contributed by atoms with van der Waals surface area (Å²) in [6.45, 7) is 5.24. The second-order valence-electron chi connectivity index (χ2n) is 8.62. The Morgan fingerprint density at radius 1 is 1.21 bits per heavy atom. The molecular formula is C23H22N6. The minimum Gasteiger partial charge on any atom is -0.282 e. The number of rotatable bonds is 3. The predicted octanol–water partition coefficient (Wildman–Crippen LogP) is 4.26. The highest BCUT2D eigenvalue weighted by atomic mass is 15.3. The maximum atomic E-state index is 8.95. The minimum absolute atomic E-state index is 0.325. The first-order valence-corrected chi connectivity index (χ1v) is 9.89. The average molecular weight is 382 g/mol. The first-order valence-electron chi connectivity index (χ1n) is 9.89. The molecule has 6 heteroatoms. The van der Waals surface area contributed by atoms with E-state index in [1.54, 1.807) is 0 Å². The van der Waals surface area contributed by atoms with E-state index in [9.17, 15) is 0 Å². The van der Waals surface area contributed by atoms with Gasteiger partial charge in [-0.25, -0.2) is 9.67 Å². The van der Waals surface area contributed by atoms with Gasteiger partial charge >= 0.3 is 0 Å². The molecule has 144 valence electrons. The number of fused-ring (bicyclic) bond motifs is 2. The number of nitriles is 1. The van der Waals surface area contributed by atoms with E-state index in [1.165, 1.54) is 17.7 Å². The molecule has 0 amide bonds. The fourth-order valence-electron chi connectivity index (χ4n) is 4.16. The average Bonchev–Trinajstić information content (AvgIpc) is 3.31. The van der Waals surface area contributed by atoms with Crippen molar-refractivity contribution in [2.24, 2.45) is 5.41 Å². The van der Waals surface area contributed by atoms with Gasteiger partial charge in [-0.1, -0.05) is 26.0 Å². The Morgan fingerprint density at radius 3 is 2.83 bits per heavy atom. The van der Waals surface area contributed by atoms with Crippen molar-refractivity contribution in [1.82, 2.24) is 25.0 Å². The molecule has 29 heavy (non-hydrogen) atoms. The van der Waals surface area contributed by atoms with Gasteiger partial charge in [0.2, 0.25) is 0 Å². The fraction of sp³-hybridized carbons (Fsp3) is 0.304. The van der Waals surface area contributed by atoms with Gasteiger partial charge in [0.1, 0.15) is 0 Å². The van der Waals surface area contributed by atoms with E-state index in [0.29, 0.717) is 17.5 Å². The summed E-state index contributed by atoms with van der Waals surface area (Å²) in [7, 11) is 0. The molecule has 0 saturated carbocycles. The first-order chi connectivity index (χ1) is 14.0. The first kappa shape index (κ1) is 17.6. The summed E-state index contributed by atoms with van der Waals surface area (Å²) in [5.74, 6) is 0. The Kier molecular flexibility index (Phi) is 3.99. The zero-order valence-corrected chi connectivity index (χ0v) is 16.6. The smallest absolute Gasteiger partial charge is 0.158 e. The third-order valence-corrected chi connectivity index (χ3v) is 5.82. The highest BCUT2D eigenvalue weighted by molar-refractivity contribution is 5.81. The summed E-state index contributed by atoms with van der Waals surface area (Å²) in [6.07, 6.45) is 7.01. The third kappa shape index (κ3) is 3.19. The molecule has 1 aliphatic carbocycles. The van der Waals surface area contributed by atoms with Crippen LogP contribution in [0.15, 0.2) is 42.7 Å². The molecule has 0 bridgehead atoms. The molecule has 3 aromatic heterocycles. The van der Waals surface area contributed by atoms with Crippen molar-refractivity contribution in [3.8, 4) is 17.3 Å². The molecule has 0 radical (unpaired) electrons. The fourth-order valence-corrected chi connectivity index (χ4v) is 4.16. The summed E-state index contributed by atoms with van der Waals surface area (Å²) in [6, 6.07) is 11.8. The normalized spacial score (nSPS) is 15.2. The number of aromatic amines is 1. The van der Waals surface area contributed by atoms with Gasteiger partial charge in [0, 0.05) is 28.4 Å². The van der Waals surface area contributed by atoms with Crippen molar-refractivity contribution in [2.75, 3.05) is 0 Å². The number of benzene rings is 1. The third-order valence-electron chi connectivity index (χ3n) is 5.82. The van der Waals surface area contributed by atoms with Crippen LogP contribution < -0.4 is 0 Å². The zero-order valence-electron chi connectivity index (χ0n) is 16.6. The van der Waals surface area contributed by atoms with Gasteiger partial charge in [-0.2, -0.15) is 15.5 Å². The van der Waals surface area contributed by atoms with Gasteiger partial charge in [-0.05, 0) is 48.4 Å². The number of pyridine rings is 1. The van der Waals surface area contributed by atoms with Gasteiger partial charge in [0.05, 0.1) is 30.1 Å². The van der Waals surface area contributed by atoms with E-state index >= 15 is 0 Å². The van der Waals surface area contributed by atoms with E-state index in [0.717, 1.165) is 40.7 Å². The van der Waals surface area contributed by atoms with Crippen LogP contribution in [0.1, 0.15) is 42.7 Å². The maximum Gasteiger partial charge on any atom is 0.158 e. The Balaban J connectivity index is 1.45. The van der Waals surface area contributed by atoms with Crippen molar-refractivity contribution in [2.45, 2.75) is 39.7 Å². The lowest BCUT2D eigenvalue weighted by Gasteiger charge is -2.29. The second-order valence-corrected chi connectivity index (χ2v) is 8.62. The van der Waals surface area contributed by atoms with E-state index in [2.05, 4.69) is 41.3 Å². The SMILES string of the molecule is CC1(C)CCc2c(-c3cnc4c(cnn4Cc4ccc(C#N)cc4)c3)n[nH]c2C1. The van der Waals surface area contributed by atoms with Crippen LogP contribution in [0.3, 0.4) is 0 Å². The largest absolute Gasteiger partial charge is 0.282 e. The predicted molar refractivity (Wildman–Crippen MR) is 111 cm³/mol. The molecular weight excluding hydrogens is 360 g/mol. The Hall–Kier alpha value is -3.46. The molecule has 0 spiro atoms. The maximum absolute atomic E-state index is 8.95. The van der Waals surface area contributed by atoms with Crippen LogP contribution in [0.4, 0.5) is 0 Å². The Labute approximate surface area is 169 Å². The lowest BCUT2D eigenvalue weighted by molar-refractivity contribution is 0.312. The standard InChI is InChI=1S/C23H22N6/c1-23(2)8-7-19-20(10-23)27-28-21(19)17-9-18-13-26-29(22(18)25-12-17)14-16-5-3-15(11-24)4-6-16/h3-6,9,12-13H,7-8,10,14H2,1-2H3,(H,27,28). The zero-order chi connectivity index (χ0) is 20.0. The van der Waals surface area contributed by atoms with Crippen molar-refractivity contribution >= 4 is 11.0 Å². The van der Waals surface area contributed by atoms with E-state index in [1.807, 2.05) is 41.3 Å². The molecule has 0 saturated heterocycles. The monoisotopic (exact) mass is 382 g/mol. The topological polar surface area (TPSA) is 83.2 Å². The molecule has 1 N–H and O–H groups in total. The lowest BCUT2D eigenvalue weighted by atomic mass is 9.76. The molecule has 0 atom stereocenters. The molecule has 0 unspecified atom stereocenters. The highest BCUT2D eigenvalue weighted by Gasteiger charge is 2.29. The molecule has 4 aromatic rings. The quantitative estimate of drug-likeness (QED) is 0.574. The van der Waals surface area contributed by atoms with Gasteiger partial charge in [0.15, 0.2) is 5.65 Å². The van der Waals surface area contributed by atoms with Crippen LogP contribution in [0.25, 0.3) is 22.3 Å². The summed E-state index contributed by atoms with van der Waals surface area (Å²) in [5.41, 5.74) is 7.56. The number of hydrogen-bond acceptors (Lipinski definition) is 4. The molecule has 5 rings (SSSR count). The summed E-state index contributed by atoms with van der Waals surface area (Å²) >= 11 is 0. The van der Waals surface area contributed by atoms with Crippen molar-refractivity contribution in [3.05, 3.63) is 65.1 Å². The molecule has 6 nitrogen and oxygen atoms in total. The van der Waals surface area contributed by atoms with E-state index in [-0.39, 0.29) is 0 Å². The highest BCUT2D eigenvalue weighted by Crippen LogP contribution is 2.38. The lowest BCUT2D eigenvalue weighted by Crippen LogP contribution is -2.21. The van der Waals surface area contributed by atoms with Gasteiger partial charge in [-0.3, -0.25) is 5.10 Å². The van der Waals surface area contributed by atoms with E-state index < -0.39 is 0 Å². The Morgan fingerprint density at radius 2 is 2.03 bits per heavy atom. The van der Waals surface area contributed by atoms with Gasteiger partial charge in [0.25, 0.3) is 0 Å². The minimum atomic E-state index is 0.325. The van der Waals surface area contributed by atoms with Gasteiger partial charge < -0.3 is 0 Å². The summed E-state index contributed by atoms with van der Waals surface area (Å²) in [4.78, 5) is 4.70. The van der Waals surface area contributed by atoms with Crippen LogP contribution >= 0.6 is 0 Å². The molecule has 1 aromatic carbocycles. The van der Waals surface area contributed by atoms with Crippen LogP contribution in [-0.4, -0.2) is 25.0 Å². The van der Waals surface area contributed by atoms with Crippen LogP contribution in [0.5, 0.6) is 0 Å². The molecule has 1 aliphatic rings. The summed E-state index contributed by atoms with van der Waals surface area (Å²) < 4.78 is 1.89. The summed E-state index contributed by atoms with van der Waals surface area (Å²) in [5, 5.41) is 22.3. The molecule has 0 aliphatic heterocycles. The van der Waals surface area contributed by atoms with Crippen LogP contribution in [0, 0.1) is 16.7 Å². The van der Waals surface area contributed by atoms with Gasteiger partial charge in [-0.15, -0.1) is 0 Å². The number of nitrogens with one attached hydrogen (secondary N) is 1. The number of H-pyrrole nitrogens is 1.